The predicted molar refractivity (Wildman–Crippen MR) is 85.0 cm³/mol. The highest BCUT2D eigenvalue weighted by Gasteiger charge is 2.34. The quantitative estimate of drug-likeness (QED) is 0.444. The molecule has 0 saturated carbocycles. The Morgan fingerprint density at radius 2 is 2.14 bits per heavy atom. The van der Waals surface area contributed by atoms with E-state index < -0.39 is 11.9 Å². The Balaban J connectivity index is 2.91. The molecule has 1 atom stereocenters. The van der Waals surface area contributed by atoms with E-state index in [9.17, 15) is 14.7 Å². The minimum absolute atomic E-state index is 0.0333. The molecule has 0 radical (unpaired) electrons. The van der Waals surface area contributed by atoms with Gasteiger partial charge in [0.25, 0.3) is 0 Å². The van der Waals surface area contributed by atoms with E-state index in [1.54, 1.807) is 18.7 Å². The largest absolute Gasteiger partial charge is 0.511 e. The molecule has 0 bridgehead atoms. The molecular weight excluding hydrogens is 290 g/mol. The number of carbonyl (C=O) groups is 2. The van der Waals surface area contributed by atoms with Gasteiger partial charge in [-0.2, -0.15) is 11.8 Å². The molecule has 0 aromatic rings. The van der Waals surface area contributed by atoms with Gasteiger partial charge in [-0.3, -0.25) is 14.6 Å². The van der Waals surface area contributed by atoms with E-state index in [1.165, 1.54) is 0 Å². The van der Waals surface area contributed by atoms with Gasteiger partial charge in [-0.05, 0) is 19.6 Å². The lowest BCUT2D eigenvalue weighted by Gasteiger charge is -2.22. The van der Waals surface area contributed by atoms with Crippen LogP contribution in [-0.2, 0) is 14.3 Å². The second kappa shape index (κ2) is 8.87. The SMILES string of the molecule is CCOC(=O)C1CC(=O)C(C(CC)=NCCSC)=C(O)C1. The fourth-order valence-corrected chi connectivity index (χ4v) is 2.56. The molecule has 118 valence electrons. The zero-order valence-corrected chi connectivity index (χ0v) is 13.7. The molecule has 1 rings (SSSR count). The van der Waals surface area contributed by atoms with Crippen LogP contribution < -0.4 is 0 Å². The Bertz CT molecular complexity index is 457. The van der Waals surface area contributed by atoms with Crippen LogP contribution in [0.15, 0.2) is 16.3 Å². The maximum absolute atomic E-state index is 12.2. The minimum Gasteiger partial charge on any atom is -0.511 e. The van der Waals surface area contributed by atoms with E-state index in [4.69, 9.17) is 4.74 Å². The van der Waals surface area contributed by atoms with E-state index in [0.717, 1.165) is 5.75 Å². The molecule has 21 heavy (non-hydrogen) atoms. The lowest BCUT2D eigenvalue weighted by Crippen LogP contribution is -2.29. The van der Waals surface area contributed by atoms with Crippen molar-refractivity contribution in [2.45, 2.75) is 33.1 Å². The van der Waals surface area contributed by atoms with Crippen LogP contribution in [0.5, 0.6) is 0 Å². The number of rotatable bonds is 7. The van der Waals surface area contributed by atoms with E-state index in [-0.39, 0.29) is 31.0 Å². The maximum Gasteiger partial charge on any atom is 0.309 e. The van der Waals surface area contributed by atoms with Crippen LogP contribution in [0.25, 0.3) is 0 Å². The molecule has 0 aromatic carbocycles. The van der Waals surface area contributed by atoms with Crippen molar-refractivity contribution in [3.05, 3.63) is 11.3 Å². The molecule has 0 spiro atoms. The average Bonchev–Trinajstić information content (AvgIpc) is 2.45. The first-order valence-electron chi connectivity index (χ1n) is 7.19. The van der Waals surface area contributed by atoms with Crippen molar-refractivity contribution in [1.82, 2.24) is 0 Å². The van der Waals surface area contributed by atoms with Crippen molar-refractivity contribution < 1.29 is 19.4 Å². The molecule has 6 heteroatoms. The molecule has 0 saturated heterocycles. The standard InChI is InChI=1S/C15H23NO4S/c1-4-11(16-6-7-21-3)14-12(17)8-10(9-13(14)18)15(19)20-5-2/h10,17H,4-9H2,1-3H3. The topological polar surface area (TPSA) is 76.0 Å². The number of aliphatic hydroxyl groups is 1. The Morgan fingerprint density at radius 3 is 2.67 bits per heavy atom. The summed E-state index contributed by atoms with van der Waals surface area (Å²) >= 11 is 1.68. The first-order chi connectivity index (χ1) is 10.0. The van der Waals surface area contributed by atoms with Gasteiger partial charge in [0, 0.05) is 30.9 Å². The number of ether oxygens (including phenoxy) is 1. The van der Waals surface area contributed by atoms with Gasteiger partial charge in [-0.25, -0.2) is 0 Å². The summed E-state index contributed by atoms with van der Waals surface area (Å²) in [6.45, 7) is 4.52. The number of hydrogen-bond donors (Lipinski definition) is 1. The van der Waals surface area contributed by atoms with Crippen LogP contribution in [0.2, 0.25) is 0 Å². The highest BCUT2D eigenvalue weighted by atomic mass is 32.2. The second-order valence-electron chi connectivity index (χ2n) is 4.78. The Labute approximate surface area is 129 Å². The van der Waals surface area contributed by atoms with Crippen LogP contribution in [0.1, 0.15) is 33.1 Å². The van der Waals surface area contributed by atoms with Crippen LogP contribution in [-0.4, -0.2) is 47.7 Å². The monoisotopic (exact) mass is 313 g/mol. The fourth-order valence-electron chi connectivity index (χ4n) is 2.29. The molecular formula is C15H23NO4S. The minimum atomic E-state index is -0.578. The lowest BCUT2D eigenvalue weighted by atomic mass is 9.84. The van der Waals surface area contributed by atoms with Crippen LogP contribution in [0.4, 0.5) is 0 Å². The summed E-state index contributed by atoms with van der Waals surface area (Å²) in [5, 5.41) is 10.1. The second-order valence-corrected chi connectivity index (χ2v) is 5.76. The number of esters is 1. The van der Waals surface area contributed by atoms with Crippen LogP contribution in [0.3, 0.4) is 0 Å². The van der Waals surface area contributed by atoms with E-state index >= 15 is 0 Å². The Morgan fingerprint density at radius 1 is 1.43 bits per heavy atom. The number of nitrogens with zero attached hydrogens (tertiary/aromatic N) is 1. The highest BCUT2D eigenvalue weighted by Crippen LogP contribution is 2.28. The molecule has 5 nitrogen and oxygen atoms in total. The lowest BCUT2D eigenvalue weighted by molar-refractivity contribution is -0.149. The van der Waals surface area contributed by atoms with Gasteiger partial charge in [-0.15, -0.1) is 0 Å². The van der Waals surface area contributed by atoms with Crippen molar-refractivity contribution in [3.8, 4) is 0 Å². The number of allylic oxidation sites excluding steroid dienone is 2. The van der Waals surface area contributed by atoms with Crippen molar-refractivity contribution >= 4 is 29.2 Å². The predicted octanol–water partition coefficient (Wildman–Crippen LogP) is 2.55. The smallest absolute Gasteiger partial charge is 0.309 e. The number of aliphatic imine (C=N–C) groups is 1. The Hall–Kier alpha value is -1.30. The van der Waals surface area contributed by atoms with Gasteiger partial charge < -0.3 is 9.84 Å². The summed E-state index contributed by atoms with van der Waals surface area (Å²) in [7, 11) is 0. The van der Waals surface area contributed by atoms with Crippen LogP contribution in [0, 0.1) is 5.92 Å². The van der Waals surface area contributed by atoms with Gasteiger partial charge in [-0.1, -0.05) is 6.92 Å². The summed E-state index contributed by atoms with van der Waals surface area (Å²) in [5.74, 6) is -0.382. The zero-order chi connectivity index (χ0) is 15.8. The zero-order valence-electron chi connectivity index (χ0n) is 12.8. The average molecular weight is 313 g/mol. The fraction of sp³-hybridized carbons (Fsp3) is 0.667. The number of ketones is 1. The van der Waals surface area contributed by atoms with Crippen LogP contribution >= 0.6 is 11.8 Å². The van der Waals surface area contributed by atoms with E-state index in [1.807, 2.05) is 13.2 Å². The van der Waals surface area contributed by atoms with E-state index in [0.29, 0.717) is 24.3 Å². The summed E-state index contributed by atoms with van der Waals surface area (Å²) in [6, 6.07) is 0. The van der Waals surface area contributed by atoms with Crippen molar-refractivity contribution in [2.24, 2.45) is 10.9 Å². The van der Waals surface area contributed by atoms with Crippen molar-refractivity contribution in [2.75, 3.05) is 25.2 Å². The first-order valence-corrected chi connectivity index (χ1v) is 8.59. The third-order valence-electron chi connectivity index (χ3n) is 3.28. The normalized spacial score (nSPS) is 19.9. The highest BCUT2D eigenvalue weighted by molar-refractivity contribution is 7.98. The number of carbonyl (C=O) groups excluding carboxylic acids is 2. The molecule has 0 aromatic heterocycles. The molecule has 1 aliphatic carbocycles. The summed E-state index contributed by atoms with van der Waals surface area (Å²) in [4.78, 5) is 28.4. The van der Waals surface area contributed by atoms with Gasteiger partial charge in [0.1, 0.15) is 5.76 Å². The first kappa shape index (κ1) is 17.8. The molecule has 0 aliphatic heterocycles. The molecule has 1 aliphatic rings. The molecule has 1 unspecified atom stereocenters. The van der Waals surface area contributed by atoms with Gasteiger partial charge >= 0.3 is 5.97 Å². The van der Waals surface area contributed by atoms with Crippen molar-refractivity contribution in [1.29, 1.82) is 0 Å². The van der Waals surface area contributed by atoms with Gasteiger partial charge in [0.05, 0.1) is 18.1 Å². The number of Topliss-reactive ketones (excluding diaryl/α,β-unsaturated/α-hetero) is 1. The molecule has 0 amide bonds. The number of hydrogen-bond acceptors (Lipinski definition) is 6. The van der Waals surface area contributed by atoms with Gasteiger partial charge in [0.2, 0.25) is 0 Å². The maximum atomic E-state index is 12.2. The third-order valence-corrected chi connectivity index (χ3v) is 3.87. The molecule has 0 heterocycles. The van der Waals surface area contributed by atoms with Crippen molar-refractivity contribution in [3.63, 3.8) is 0 Å². The molecule has 0 fully saturated rings. The Kier molecular flexibility index (Phi) is 7.50. The van der Waals surface area contributed by atoms with E-state index in [2.05, 4.69) is 4.99 Å². The summed E-state index contributed by atoms with van der Waals surface area (Å²) in [5.41, 5.74) is 0.938. The number of thioether (sulfide) groups is 1. The van der Waals surface area contributed by atoms with Gasteiger partial charge in [0.15, 0.2) is 5.78 Å². The third kappa shape index (κ3) is 4.88. The number of aliphatic hydroxyl groups excluding tert-OH is 1. The molecule has 1 N–H and O–H groups in total. The summed E-state index contributed by atoms with van der Waals surface area (Å²) in [6.07, 6.45) is 2.82. The summed E-state index contributed by atoms with van der Waals surface area (Å²) < 4.78 is 4.92.